The quantitative estimate of drug-likeness (QED) is 0.168. The molecule has 9 aromatic carbocycles. The van der Waals surface area contributed by atoms with Crippen LogP contribution in [0.5, 0.6) is 11.5 Å². The first-order valence-electron chi connectivity index (χ1n) is 20.4. The molecule has 4 heteroatoms. The minimum Gasteiger partial charge on any atom is -0.458 e. The first-order valence-corrected chi connectivity index (χ1v) is 20.4. The zero-order valence-electron chi connectivity index (χ0n) is 32.0. The van der Waals surface area contributed by atoms with Crippen molar-refractivity contribution in [3.8, 4) is 61.7 Å². The van der Waals surface area contributed by atoms with E-state index >= 15 is 0 Å². The highest BCUT2D eigenvalue weighted by atomic mass is 16.5. The Bertz CT molecular complexity index is 3470. The molecule has 2 aromatic heterocycles. The number of aromatic nitrogens is 1. The molecule has 3 nitrogen and oxygen atoms in total. The molecular weight excluding hydrogens is 717 g/mol. The van der Waals surface area contributed by atoms with Crippen molar-refractivity contribution >= 4 is 61.4 Å². The maximum atomic E-state index is 6.92. The molecule has 0 spiro atoms. The number of nitrogens with zero attached hydrogens (tertiary/aromatic N) is 1. The van der Waals surface area contributed by atoms with Gasteiger partial charge in [0.2, 0.25) is 6.71 Å². The highest BCUT2D eigenvalue weighted by Gasteiger charge is 2.38. The van der Waals surface area contributed by atoms with Gasteiger partial charge in [-0.2, -0.15) is 0 Å². The molecular formula is C55H34BNO2. The fourth-order valence-corrected chi connectivity index (χ4v) is 10.0. The highest BCUT2D eigenvalue weighted by molar-refractivity contribution is 6.88. The monoisotopic (exact) mass is 751 g/mol. The van der Waals surface area contributed by atoms with Crippen molar-refractivity contribution in [2.75, 3.05) is 0 Å². The van der Waals surface area contributed by atoms with Crippen molar-refractivity contribution in [3.63, 3.8) is 0 Å². The second-order valence-corrected chi connectivity index (χ2v) is 16.0. The van der Waals surface area contributed by atoms with Gasteiger partial charge in [-0.05, 0) is 134 Å². The number of fused-ring (bicyclic) bond motifs is 10. The third kappa shape index (κ3) is 4.96. The van der Waals surface area contributed by atoms with Crippen molar-refractivity contribution in [2.45, 2.75) is 6.32 Å². The van der Waals surface area contributed by atoms with Crippen LogP contribution in [0, 0.1) is 0 Å². The standard InChI is InChI=1S/C55H34BNO2/c1-2-13-42-39(10-1)33-56-48-30-37(34-20-24-41(25-21-34)57-49-17-6-3-14-43(49)44-15-4-7-18-50(44)57)23-27-52(48)59-54-32-40(29-47(42)55(54)56)36-12-9-11-35(28-36)38-22-26-46-45-16-5-8-19-51(45)58-53(46)31-38/h1-32H,33H2. The molecule has 0 aliphatic carbocycles. The molecule has 0 fully saturated rings. The van der Waals surface area contributed by atoms with Crippen molar-refractivity contribution in [1.29, 1.82) is 0 Å². The van der Waals surface area contributed by atoms with Crippen LogP contribution in [0.25, 0.3) is 93.9 Å². The van der Waals surface area contributed by atoms with Crippen molar-refractivity contribution in [2.24, 2.45) is 0 Å². The summed E-state index contributed by atoms with van der Waals surface area (Å²) in [4.78, 5) is 0. The average Bonchev–Trinajstić information content (AvgIpc) is 3.84. The molecule has 0 radical (unpaired) electrons. The summed E-state index contributed by atoms with van der Waals surface area (Å²) in [5.74, 6) is 1.88. The summed E-state index contributed by atoms with van der Waals surface area (Å²) in [6.07, 6.45) is 0.932. The summed E-state index contributed by atoms with van der Waals surface area (Å²) >= 11 is 0. The molecule has 0 amide bonds. The van der Waals surface area contributed by atoms with Crippen LogP contribution in [0.1, 0.15) is 5.56 Å². The molecule has 0 N–H and O–H groups in total. The summed E-state index contributed by atoms with van der Waals surface area (Å²) < 4.78 is 15.6. The van der Waals surface area contributed by atoms with Gasteiger partial charge in [-0.3, -0.25) is 0 Å². The van der Waals surface area contributed by atoms with Gasteiger partial charge < -0.3 is 13.7 Å². The van der Waals surface area contributed by atoms with E-state index in [9.17, 15) is 0 Å². The third-order valence-corrected chi connectivity index (χ3v) is 12.8. The zero-order chi connectivity index (χ0) is 38.6. The summed E-state index contributed by atoms with van der Waals surface area (Å²) in [6.45, 7) is 0.186. The smallest absolute Gasteiger partial charge is 0.224 e. The third-order valence-electron chi connectivity index (χ3n) is 12.8. The Morgan fingerprint density at radius 3 is 1.88 bits per heavy atom. The molecule has 2 aliphatic rings. The molecule has 0 bridgehead atoms. The summed E-state index contributed by atoms with van der Waals surface area (Å²) in [5.41, 5.74) is 18.8. The topological polar surface area (TPSA) is 27.3 Å². The maximum Gasteiger partial charge on any atom is 0.224 e. The predicted molar refractivity (Wildman–Crippen MR) is 245 cm³/mol. The molecule has 11 aromatic rings. The molecule has 59 heavy (non-hydrogen) atoms. The first-order chi connectivity index (χ1) is 29.2. The van der Waals surface area contributed by atoms with Crippen LogP contribution in [0.3, 0.4) is 0 Å². The van der Waals surface area contributed by atoms with E-state index in [1.165, 1.54) is 60.5 Å². The second-order valence-electron chi connectivity index (χ2n) is 16.0. The van der Waals surface area contributed by atoms with E-state index in [1.54, 1.807) is 0 Å². The fourth-order valence-electron chi connectivity index (χ4n) is 10.0. The van der Waals surface area contributed by atoms with Crippen molar-refractivity contribution in [1.82, 2.24) is 4.57 Å². The lowest BCUT2D eigenvalue weighted by Crippen LogP contribution is -2.51. The largest absolute Gasteiger partial charge is 0.458 e. The van der Waals surface area contributed by atoms with Gasteiger partial charge in [0.05, 0.1) is 11.0 Å². The van der Waals surface area contributed by atoms with Gasteiger partial charge in [-0.15, -0.1) is 0 Å². The number of hydrogen-bond acceptors (Lipinski definition) is 2. The van der Waals surface area contributed by atoms with E-state index in [-0.39, 0.29) is 6.71 Å². The van der Waals surface area contributed by atoms with Gasteiger partial charge in [-0.25, -0.2) is 0 Å². The summed E-state index contributed by atoms with van der Waals surface area (Å²) in [5, 5.41) is 4.83. The number of furan rings is 1. The molecule has 274 valence electrons. The minimum atomic E-state index is 0.186. The van der Waals surface area contributed by atoms with E-state index in [1.807, 2.05) is 12.1 Å². The van der Waals surface area contributed by atoms with Crippen molar-refractivity contribution < 1.29 is 9.15 Å². The second kappa shape index (κ2) is 12.5. The Morgan fingerprint density at radius 2 is 1.05 bits per heavy atom. The van der Waals surface area contributed by atoms with Gasteiger partial charge in [0, 0.05) is 27.2 Å². The Kier molecular flexibility index (Phi) is 6.87. The number of benzene rings is 9. The predicted octanol–water partition coefficient (Wildman–Crippen LogP) is 13.2. The van der Waals surface area contributed by atoms with Crippen molar-refractivity contribution in [3.05, 3.63) is 200 Å². The first kappa shape index (κ1) is 32.5. The normalized spacial score (nSPS) is 12.8. The van der Waals surface area contributed by atoms with Gasteiger partial charge in [0.15, 0.2) is 0 Å². The van der Waals surface area contributed by atoms with Crippen LogP contribution in [-0.2, 0) is 6.32 Å². The molecule has 4 heterocycles. The lowest BCUT2D eigenvalue weighted by atomic mass is 9.34. The van der Waals surface area contributed by atoms with E-state index in [0.717, 1.165) is 67.7 Å². The van der Waals surface area contributed by atoms with Crippen LogP contribution >= 0.6 is 0 Å². The lowest BCUT2D eigenvalue weighted by molar-refractivity contribution is 0.487. The average molecular weight is 752 g/mol. The van der Waals surface area contributed by atoms with E-state index in [0.29, 0.717) is 0 Å². The number of rotatable bonds is 4. The lowest BCUT2D eigenvalue weighted by Gasteiger charge is -2.33. The SMILES string of the molecule is c1cc(-c2cc3c4c(c2)-c2ccccc2CB4c2cc(-c4ccc(-n5c6ccccc6c6ccccc65)cc4)ccc2O3)cc(-c2ccc3c(c2)oc2ccccc23)c1. The van der Waals surface area contributed by atoms with Gasteiger partial charge in [0.1, 0.15) is 22.7 Å². The Hall–Kier alpha value is -7.56. The maximum absolute atomic E-state index is 6.92. The molecule has 13 rings (SSSR count). The Balaban J connectivity index is 0.879. The Labute approximate surface area is 341 Å². The highest BCUT2D eigenvalue weighted by Crippen LogP contribution is 2.41. The van der Waals surface area contributed by atoms with Crippen LogP contribution in [0.15, 0.2) is 199 Å². The van der Waals surface area contributed by atoms with Crippen LogP contribution in [-0.4, -0.2) is 11.3 Å². The van der Waals surface area contributed by atoms with Gasteiger partial charge >= 0.3 is 0 Å². The number of hydrogen-bond donors (Lipinski definition) is 0. The number of para-hydroxylation sites is 3. The Morgan fingerprint density at radius 1 is 0.407 bits per heavy atom. The zero-order valence-corrected chi connectivity index (χ0v) is 32.0. The van der Waals surface area contributed by atoms with Crippen LogP contribution < -0.4 is 15.7 Å². The van der Waals surface area contributed by atoms with Gasteiger partial charge in [-0.1, -0.05) is 127 Å². The van der Waals surface area contributed by atoms with E-state index < -0.39 is 0 Å². The molecule has 0 saturated carbocycles. The molecule has 0 unspecified atom stereocenters. The molecule has 0 atom stereocenters. The van der Waals surface area contributed by atoms with Crippen LogP contribution in [0.4, 0.5) is 0 Å². The number of ether oxygens (including phenoxy) is 1. The molecule has 2 aliphatic heterocycles. The summed E-state index contributed by atoms with van der Waals surface area (Å²) in [6, 6.07) is 70.3. The van der Waals surface area contributed by atoms with E-state index in [2.05, 4.69) is 187 Å². The minimum absolute atomic E-state index is 0.186. The van der Waals surface area contributed by atoms with Crippen LogP contribution in [0.2, 0.25) is 0 Å². The van der Waals surface area contributed by atoms with E-state index in [4.69, 9.17) is 9.15 Å². The van der Waals surface area contributed by atoms with Gasteiger partial charge in [0.25, 0.3) is 0 Å². The summed E-state index contributed by atoms with van der Waals surface area (Å²) in [7, 11) is 0. The fraction of sp³-hybridized carbons (Fsp3) is 0.0182. The molecule has 0 saturated heterocycles.